The zero-order chi connectivity index (χ0) is 13.2. The summed E-state index contributed by atoms with van der Waals surface area (Å²) in [5.74, 6) is -0.194. The predicted octanol–water partition coefficient (Wildman–Crippen LogP) is 5.17. The first kappa shape index (κ1) is 11.9. The molecule has 19 heavy (non-hydrogen) atoms. The normalized spacial score (nSPS) is 15.5. The van der Waals surface area contributed by atoms with E-state index < -0.39 is 0 Å². The summed E-state index contributed by atoms with van der Waals surface area (Å²) >= 11 is 0. The number of rotatable bonds is 2. The van der Waals surface area contributed by atoms with Crippen LogP contribution in [0.5, 0.6) is 0 Å². The first-order chi connectivity index (χ1) is 9.28. The lowest BCUT2D eigenvalue weighted by Gasteiger charge is -2.03. The number of hydrogen-bond acceptors (Lipinski definition) is 0. The standard InChI is InChI=1S/C18H15F/c1-2-14-12-15(18-9-4-3-8-17(14)18)10-13-6-5-7-16(19)11-13/h3-12H,2H2,1H3. The van der Waals surface area contributed by atoms with Crippen molar-refractivity contribution in [1.82, 2.24) is 0 Å². The lowest BCUT2D eigenvalue weighted by molar-refractivity contribution is 0.627. The molecule has 1 aliphatic rings. The van der Waals surface area contributed by atoms with E-state index in [0.717, 1.165) is 17.6 Å². The number of benzene rings is 2. The van der Waals surface area contributed by atoms with E-state index in [1.54, 1.807) is 12.1 Å². The molecule has 0 saturated heterocycles. The third-order valence-corrected chi connectivity index (χ3v) is 3.47. The molecule has 3 rings (SSSR count). The molecule has 0 spiro atoms. The molecule has 0 heterocycles. The van der Waals surface area contributed by atoms with Crippen LogP contribution in [0.4, 0.5) is 4.39 Å². The molecule has 0 bridgehead atoms. The fourth-order valence-corrected chi connectivity index (χ4v) is 2.55. The fraction of sp³-hybridized carbons (Fsp3) is 0.111. The van der Waals surface area contributed by atoms with E-state index in [9.17, 15) is 4.39 Å². The Hall–Kier alpha value is -2.15. The highest BCUT2D eigenvalue weighted by atomic mass is 19.1. The average molecular weight is 250 g/mol. The molecule has 2 aromatic rings. The molecule has 0 saturated carbocycles. The highest BCUT2D eigenvalue weighted by Crippen LogP contribution is 2.37. The van der Waals surface area contributed by atoms with Gasteiger partial charge in [0.25, 0.3) is 0 Å². The molecule has 0 atom stereocenters. The van der Waals surface area contributed by atoms with Gasteiger partial charge in [-0.25, -0.2) is 4.39 Å². The summed E-state index contributed by atoms with van der Waals surface area (Å²) in [5, 5.41) is 0. The molecule has 94 valence electrons. The molecule has 0 radical (unpaired) electrons. The van der Waals surface area contributed by atoms with Crippen LogP contribution in [0.1, 0.15) is 30.0 Å². The van der Waals surface area contributed by atoms with Crippen LogP contribution in [0.3, 0.4) is 0 Å². The largest absolute Gasteiger partial charge is 0.207 e. The average Bonchev–Trinajstić information content (AvgIpc) is 2.77. The Morgan fingerprint density at radius 2 is 1.79 bits per heavy atom. The second-order valence-corrected chi connectivity index (χ2v) is 4.72. The van der Waals surface area contributed by atoms with Gasteiger partial charge >= 0.3 is 0 Å². The monoisotopic (exact) mass is 250 g/mol. The van der Waals surface area contributed by atoms with Gasteiger partial charge in [-0.2, -0.15) is 0 Å². The van der Waals surface area contributed by atoms with Gasteiger partial charge in [0.05, 0.1) is 0 Å². The van der Waals surface area contributed by atoms with Crippen LogP contribution >= 0.6 is 0 Å². The molecule has 0 aromatic heterocycles. The second-order valence-electron chi connectivity index (χ2n) is 4.72. The zero-order valence-electron chi connectivity index (χ0n) is 10.9. The first-order valence-corrected chi connectivity index (χ1v) is 6.55. The van der Waals surface area contributed by atoms with E-state index in [2.05, 4.69) is 31.2 Å². The summed E-state index contributed by atoms with van der Waals surface area (Å²) in [6.45, 7) is 2.16. The van der Waals surface area contributed by atoms with Gasteiger partial charge in [0.1, 0.15) is 5.82 Å². The van der Waals surface area contributed by atoms with Gasteiger partial charge in [0, 0.05) is 0 Å². The van der Waals surface area contributed by atoms with Gasteiger partial charge in [0.15, 0.2) is 0 Å². The lowest BCUT2D eigenvalue weighted by atomic mass is 10.0. The minimum atomic E-state index is -0.194. The molecule has 0 fully saturated rings. The number of allylic oxidation sites excluding steroid dienone is 3. The SMILES string of the molecule is CCC1=CC(=Cc2cccc(F)c2)c2ccccc21. The highest BCUT2D eigenvalue weighted by Gasteiger charge is 2.15. The van der Waals surface area contributed by atoms with E-state index in [-0.39, 0.29) is 5.82 Å². The molecule has 0 N–H and O–H groups in total. The van der Waals surface area contributed by atoms with Gasteiger partial charge < -0.3 is 0 Å². The highest BCUT2D eigenvalue weighted by molar-refractivity contribution is 6.01. The predicted molar refractivity (Wildman–Crippen MR) is 79.0 cm³/mol. The van der Waals surface area contributed by atoms with Crippen LogP contribution in [-0.2, 0) is 0 Å². The summed E-state index contributed by atoms with van der Waals surface area (Å²) in [7, 11) is 0. The fourth-order valence-electron chi connectivity index (χ4n) is 2.55. The van der Waals surface area contributed by atoms with E-state index in [4.69, 9.17) is 0 Å². The van der Waals surface area contributed by atoms with Gasteiger partial charge in [0.2, 0.25) is 0 Å². The van der Waals surface area contributed by atoms with Gasteiger partial charge in [-0.05, 0) is 52.5 Å². The Morgan fingerprint density at radius 1 is 1.00 bits per heavy atom. The van der Waals surface area contributed by atoms with Crippen molar-refractivity contribution in [2.24, 2.45) is 0 Å². The Balaban J connectivity index is 2.09. The summed E-state index contributed by atoms with van der Waals surface area (Å²) in [6.07, 6.45) is 5.26. The van der Waals surface area contributed by atoms with Crippen LogP contribution in [0.25, 0.3) is 17.2 Å². The summed E-state index contributed by atoms with van der Waals surface area (Å²) in [6, 6.07) is 15.1. The van der Waals surface area contributed by atoms with E-state index in [1.165, 1.54) is 22.8 Å². The van der Waals surface area contributed by atoms with Crippen molar-refractivity contribution in [3.63, 3.8) is 0 Å². The molecule has 0 amide bonds. The number of hydrogen-bond donors (Lipinski definition) is 0. The third kappa shape index (κ3) is 2.24. The number of halogens is 1. The Morgan fingerprint density at radius 3 is 2.53 bits per heavy atom. The molecule has 0 nitrogen and oxygen atoms in total. The lowest BCUT2D eigenvalue weighted by Crippen LogP contribution is -1.83. The van der Waals surface area contributed by atoms with Crippen LogP contribution in [-0.4, -0.2) is 0 Å². The molecule has 0 unspecified atom stereocenters. The van der Waals surface area contributed by atoms with Crippen molar-refractivity contribution in [2.45, 2.75) is 13.3 Å². The topological polar surface area (TPSA) is 0 Å². The molecule has 1 heteroatoms. The van der Waals surface area contributed by atoms with Crippen molar-refractivity contribution < 1.29 is 4.39 Å². The minimum Gasteiger partial charge on any atom is -0.207 e. The van der Waals surface area contributed by atoms with Crippen molar-refractivity contribution in [1.29, 1.82) is 0 Å². The maximum absolute atomic E-state index is 13.2. The quantitative estimate of drug-likeness (QED) is 0.689. The maximum Gasteiger partial charge on any atom is 0.123 e. The molecule has 0 aliphatic heterocycles. The zero-order valence-corrected chi connectivity index (χ0v) is 10.9. The Kier molecular flexibility index (Phi) is 3.04. The smallest absolute Gasteiger partial charge is 0.123 e. The van der Waals surface area contributed by atoms with Crippen LogP contribution in [0.15, 0.2) is 54.6 Å². The van der Waals surface area contributed by atoms with Crippen molar-refractivity contribution in [3.8, 4) is 0 Å². The van der Waals surface area contributed by atoms with Crippen molar-refractivity contribution in [3.05, 3.63) is 77.1 Å². The minimum absolute atomic E-state index is 0.194. The summed E-state index contributed by atoms with van der Waals surface area (Å²) in [4.78, 5) is 0. The summed E-state index contributed by atoms with van der Waals surface area (Å²) in [5.41, 5.74) is 5.95. The Labute approximate surface area is 112 Å². The van der Waals surface area contributed by atoms with E-state index >= 15 is 0 Å². The van der Waals surface area contributed by atoms with Crippen molar-refractivity contribution in [2.75, 3.05) is 0 Å². The van der Waals surface area contributed by atoms with Gasteiger partial charge in [-0.15, -0.1) is 0 Å². The Bertz CT molecular complexity index is 678. The number of fused-ring (bicyclic) bond motifs is 1. The maximum atomic E-state index is 13.2. The second kappa shape index (κ2) is 4.85. The molecule has 2 aromatic carbocycles. The van der Waals surface area contributed by atoms with Crippen LogP contribution < -0.4 is 0 Å². The van der Waals surface area contributed by atoms with Gasteiger partial charge in [-0.1, -0.05) is 49.4 Å². The van der Waals surface area contributed by atoms with Gasteiger partial charge in [-0.3, -0.25) is 0 Å². The van der Waals surface area contributed by atoms with Crippen LogP contribution in [0.2, 0.25) is 0 Å². The summed E-state index contributed by atoms with van der Waals surface area (Å²) < 4.78 is 13.2. The van der Waals surface area contributed by atoms with E-state index in [1.807, 2.05) is 18.2 Å². The molecular formula is C18H15F. The van der Waals surface area contributed by atoms with E-state index in [0.29, 0.717) is 0 Å². The molecular weight excluding hydrogens is 235 g/mol. The van der Waals surface area contributed by atoms with Crippen LogP contribution in [0, 0.1) is 5.82 Å². The third-order valence-electron chi connectivity index (χ3n) is 3.47. The first-order valence-electron chi connectivity index (χ1n) is 6.55. The molecule has 1 aliphatic carbocycles. The van der Waals surface area contributed by atoms with Crippen molar-refractivity contribution >= 4 is 17.2 Å².